The number of carbonyl (C=O) groups is 3. The summed E-state index contributed by atoms with van der Waals surface area (Å²) in [5, 5.41) is 26.6. The summed E-state index contributed by atoms with van der Waals surface area (Å²) in [6.07, 6.45) is 7.91. The predicted octanol–water partition coefficient (Wildman–Crippen LogP) is 7.08. The van der Waals surface area contributed by atoms with Gasteiger partial charge in [-0.05, 0) is 80.8 Å². The molecule has 21 nitrogen and oxygen atoms in total. The number of thiazole rings is 1. The number of benzene rings is 2. The van der Waals surface area contributed by atoms with Crippen LogP contribution in [0.15, 0.2) is 89.0 Å². The predicted molar refractivity (Wildman–Crippen MR) is 320 cm³/mol. The number of hydrogen-bond donors (Lipinski definition) is 3. The largest absolute Gasteiger partial charge is 0.507 e. The fraction of sp³-hybridized carbons (Fsp3) is 0.516. The molecule has 1 saturated carbocycles. The lowest BCUT2D eigenvalue weighted by molar-refractivity contribution is -0.141. The van der Waals surface area contributed by atoms with Crippen molar-refractivity contribution >= 4 is 52.6 Å². The van der Waals surface area contributed by atoms with E-state index in [0.29, 0.717) is 53.1 Å². The minimum Gasteiger partial charge on any atom is -0.507 e. The van der Waals surface area contributed by atoms with Gasteiger partial charge in [0.1, 0.15) is 29.9 Å². The normalized spacial score (nSPS) is 23.8. The summed E-state index contributed by atoms with van der Waals surface area (Å²) in [6, 6.07) is 22.7. The number of piperidine rings is 1. The van der Waals surface area contributed by atoms with E-state index in [-0.39, 0.29) is 60.8 Å². The molecule has 9 heterocycles. The van der Waals surface area contributed by atoms with Crippen LogP contribution in [0.5, 0.6) is 11.6 Å². The van der Waals surface area contributed by atoms with Gasteiger partial charge < -0.3 is 59.4 Å². The number of anilines is 4. The first-order valence-electron chi connectivity index (χ1n) is 29.9. The number of aromatic hydroxyl groups is 1. The summed E-state index contributed by atoms with van der Waals surface area (Å²) in [4.78, 5) is 63.8. The quantitative estimate of drug-likeness (QED) is 0.0648. The number of nitrogens with zero attached hydrogens (tertiary/aromatic N) is 11. The molecule has 4 N–H and O–H groups in total. The average Bonchev–Trinajstić information content (AvgIpc) is 2.81. The highest BCUT2D eigenvalue weighted by Gasteiger charge is 2.46. The molecule has 1 aliphatic carbocycles. The maximum absolute atomic E-state index is 14.6. The van der Waals surface area contributed by atoms with Crippen LogP contribution in [0.4, 0.5) is 23.0 Å². The molecule has 12 rings (SSSR count). The third kappa shape index (κ3) is 12.4. The molecule has 2 aromatic carbocycles. The van der Waals surface area contributed by atoms with Gasteiger partial charge in [0.2, 0.25) is 17.7 Å². The number of pyridine rings is 1. The summed E-state index contributed by atoms with van der Waals surface area (Å²) in [5.41, 5.74) is 14.4. The van der Waals surface area contributed by atoms with Crippen molar-refractivity contribution in [2.75, 3.05) is 92.4 Å². The molecule has 0 spiro atoms. The van der Waals surface area contributed by atoms with Gasteiger partial charge in [-0.1, -0.05) is 55.4 Å². The molecule has 5 aliphatic heterocycles. The van der Waals surface area contributed by atoms with Crippen molar-refractivity contribution in [2.45, 2.75) is 127 Å². The van der Waals surface area contributed by atoms with Crippen LogP contribution in [0.1, 0.15) is 94.7 Å². The smallest absolute Gasteiger partial charge is 0.293 e. The number of rotatable bonds is 20. The van der Waals surface area contributed by atoms with E-state index in [1.54, 1.807) is 28.4 Å². The highest BCUT2D eigenvalue weighted by molar-refractivity contribution is 7.13. The second kappa shape index (κ2) is 25.0. The van der Waals surface area contributed by atoms with Gasteiger partial charge in [-0.25, -0.2) is 9.97 Å². The van der Waals surface area contributed by atoms with Crippen LogP contribution in [0.25, 0.3) is 21.7 Å². The second-order valence-electron chi connectivity index (χ2n) is 23.9. The van der Waals surface area contributed by atoms with Gasteiger partial charge in [-0.2, -0.15) is 0 Å². The first-order valence-corrected chi connectivity index (χ1v) is 30.8. The van der Waals surface area contributed by atoms with Crippen molar-refractivity contribution in [2.24, 2.45) is 5.92 Å². The van der Waals surface area contributed by atoms with Gasteiger partial charge >= 0.3 is 0 Å². The van der Waals surface area contributed by atoms with Crippen molar-refractivity contribution in [3.8, 4) is 33.3 Å². The molecule has 6 atom stereocenters. The van der Waals surface area contributed by atoms with Crippen LogP contribution in [-0.2, 0) is 23.9 Å². The van der Waals surface area contributed by atoms with E-state index in [4.69, 9.17) is 24.5 Å². The fourth-order valence-electron chi connectivity index (χ4n) is 13.4. The van der Waals surface area contributed by atoms with E-state index in [0.717, 1.165) is 137 Å². The van der Waals surface area contributed by atoms with E-state index in [9.17, 15) is 19.5 Å². The molecule has 2 amide bonds. The number of phenols is 1. The number of aryl methyl sites for hydroxylation is 1. The van der Waals surface area contributed by atoms with Crippen LogP contribution < -0.4 is 30.5 Å². The molecule has 2 bridgehead atoms. The monoisotopic (exact) mass is 1160 g/mol. The molecule has 6 aromatic rings. The third-order valence-electron chi connectivity index (χ3n) is 18.1. The Morgan fingerprint density at radius 2 is 1.56 bits per heavy atom. The van der Waals surface area contributed by atoms with Crippen molar-refractivity contribution < 1.29 is 38.2 Å². The van der Waals surface area contributed by atoms with Crippen LogP contribution in [-0.4, -0.2) is 178 Å². The minimum absolute atomic E-state index is 0.0825. The number of phenolic OH excluding ortho intramolecular Hbond substituents is 1. The van der Waals surface area contributed by atoms with Crippen molar-refractivity contribution in [3.63, 3.8) is 0 Å². The van der Waals surface area contributed by atoms with Gasteiger partial charge in [0.05, 0.1) is 52.3 Å². The number of fused-ring (bicyclic) bond motifs is 2. The third-order valence-corrected chi connectivity index (χ3v) is 19.1. The van der Waals surface area contributed by atoms with E-state index in [2.05, 4.69) is 67.3 Å². The zero-order valence-corrected chi connectivity index (χ0v) is 49.2. The first kappa shape index (κ1) is 57.1. The lowest BCUT2D eigenvalue weighted by Gasteiger charge is -2.43. The standard InChI is InChI=1S/C62H77N13O8S/c1-38(2)58(62(79)74-35-49(80-37-76)30-53(74)61(78)66-39(3)41-9-11-42(12-10-41)59-40(4)65-36-84-59)55-32-56(69-83-55)72-25-23-71(24-26-72)22-21-70-19-16-46(17-20-70)81-47-28-48(29-47)82-57-27-43(15-18-64-57)75-44-13-14-45(75)34-73(33-44)52-31-51(67-68-60(52)63)50-7-5-6-8-54(50)77/h5-12,15,18,27,31-32,36-39,44-49,53,58,77H,13-14,16-17,19-26,28-30,33-35H2,1-4H3,(H2,63,68)(H,66,78)/t39-,44?,45?,47?,48?,49+,53-,58+/m0/s1. The van der Waals surface area contributed by atoms with E-state index >= 15 is 0 Å². The second-order valence-corrected chi connectivity index (χ2v) is 24.8. The molecular formula is C62H77N13O8S. The lowest BCUT2D eigenvalue weighted by Crippen LogP contribution is -2.54. The Bertz CT molecular complexity index is 3240. The van der Waals surface area contributed by atoms with Gasteiger partial charge in [0.25, 0.3) is 6.47 Å². The molecule has 444 valence electrons. The first-order chi connectivity index (χ1) is 40.8. The number of piperazine rings is 2. The molecule has 5 saturated heterocycles. The Balaban J connectivity index is 0.560. The zero-order chi connectivity index (χ0) is 58.0. The number of para-hydroxylation sites is 1. The number of carbonyl (C=O) groups excluding carboxylic acids is 3. The maximum Gasteiger partial charge on any atom is 0.293 e. The molecule has 4 aromatic heterocycles. The Labute approximate surface area is 494 Å². The van der Waals surface area contributed by atoms with Crippen LogP contribution >= 0.6 is 11.3 Å². The maximum atomic E-state index is 14.6. The van der Waals surface area contributed by atoms with Crippen molar-refractivity contribution in [1.29, 1.82) is 0 Å². The van der Waals surface area contributed by atoms with Gasteiger partial charge in [-0.3, -0.25) is 19.3 Å². The Morgan fingerprint density at radius 1 is 0.821 bits per heavy atom. The van der Waals surface area contributed by atoms with Crippen LogP contribution in [0.3, 0.4) is 0 Å². The average molecular weight is 1160 g/mol. The number of ether oxygens (including phenoxy) is 3. The van der Waals surface area contributed by atoms with E-state index in [1.807, 2.05) is 87.9 Å². The van der Waals surface area contributed by atoms with Gasteiger partial charge in [0, 0.05) is 126 Å². The highest BCUT2D eigenvalue weighted by atomic mass is 32.1. The topological polar surface area (TPSA) is 234 Å². The zero-order valence-electron chi connectivity index (χ0n) is 48.4. The molecule has 6 fully saturated rings. The number of nitrogens with two attached hydrogens (primary N) is 1. The Hall–Kier alpha value is -7.40. The molecule has 6 aliphatic rings. The SMILES string of the molecule is Cc1ncsc1-c1ccc([C@H](C)NC(=O)[C@@H]2C[C@@H](OC=O)CN2C(=O)[C@@H](c2cc(N3CCN(CCN4CCC(OC5CC(Oc6cc(N7C8CCC7CN(c7cc(-c9ccccc9O)nnc7N)C8)ccn6)C5)CC4)CC3)no2)C(C)C)cc1. The number of amides is 2. The summed E-state index contributed by atoms with van der Waals surface area (Å²) >= 11 is 1.59. The highest BCUT2D eigenvalue weighted by Crippen LogP contribution is 2.41. The molecule has 0 radical (unpaired) electrons. The Morgan fingerprint density at radius 3 is 2.26 bits per heavy atom. The number of aromatic nitrogens is 5. The van der Waals surface area contributed by atoms with E-state index < -0.39 is 18.1 Å². The minimum atomic E-state index is -0.831. The summed E-state index contributed by atoms with van der Waals surface area (Å²) in [5.74, 6) is 0.945. The molecular weight excluding hydrogens is 1090 g/mol. The van der Waals surface area contributed by atoms with Crippen LogP contribution in [0.2, 0.25) is 0 Å². The van der Waals surface area contributed by atoms with Crippen molar-refractivity contribution in [3.05, 3.63) is 102 Å². The molecule has 84 heavy (non-hydrogen) atoms. The lowest BCUT2D eigenvalue weighted by atomic mass is 9.91. The number of hydrogen-bond acceptors (Lipinski definition) is 20. The number of nitrogens with one attached hydrogen (secondary N) is 1. The molecule has 22 heteroatoms. The Kier molecular flexibility index (Phi) is 17.0. The summed E-state index contributed by atoms with van der Waals surface area (Å²) in [6.45, 7) is 17.3. The van der Waals surface area contributed by atoms with E-state index in [1.165, 1.54) is 0 Å². The van der Waals surface area contributed by atoms with Gasteiger partial charge in [-0.15, -0.1) is 21.5 Å². The van der Waals surface area contributed by atoms with Crippen molar-refractivity contribution in [1.82, 2.24) is 45.3 Å². The fourth-order valence-corrected chi connectivity index (χ4v) is 14.2. The molecule has 2 unspecified atom stereocenters. The number of nitrogen functional groups attached to an aromatic ring is 1. The summed E-state index contributed by atoms with van der Waals surface area (Å²) < 4.78 is 24.4. The van der Waals surface area contributed by atoms with Crippen LogP contribution in [0, 0.1) is 12.8 Å². The summed E-state index contributed by atoms with van der Waals surface area (Å²) in [7, 11) is 0. The number of likely N-dealkylation sites (tertiary alicyclic amines) is 2. The van der Waals surface area contributed by atoms with Gasteiger partial charge in [0.15, 0.2) is 17.4 Å².